The lowest BCUT2D eigenvalue weighted by Gasteiger charge is -2.47. The maximum atomic E-state index is 11.3. The molecule has 7 nitrogen and oxygen atoms in total. The van der Waals surface area contributed by atoms with Gasteiger partial charge in [0.15, 0.2) is 0 Å². The third-order valence-corrected chi connectivity index (χ3v) is 7.18. The molecule has 2 saturated heterocycles. The Morgan fingerprint density at radius 2 is 1.83 bits per heavy atom. The van der Waals surface area contributed by atoms with Crippen LogP contribution in [-0.4, -0.2) is 92.4 Å². The van der Waals surface area contributed by atoms with Crippen LogP contribution in [0.2, 0.25) is 5.02 Å². The quantitative estimate of drug-likeness (QED) is 0.440. The second-order valence-electron chi connectivity index (χ2n) is 9.21. The first-order valence-electron chi connectivity index (χ1n) is 12.8. The molecule has 0 aromatic heterocycles. The van der Waals surface area contributed by atoms with Gasteiger partial charge < -0.3 is 24.6 Å². The minimum absolute atomic E-state index is 0.0698. The van der Waals surface area contributed by atoms with Gasteiger partial charge in [0, 0.05) is 56.4 Å². The van der Waals surface area contributed by atoms with Crippen molar-refractivity contribution in [2.75, 3.05) is 58.7 Å². The van der Waals surface area contributed by atoms with Gasteiger partial charge in [0.25, 0.3) is 0 Å². The smallest absolute Gasteiger partial charge is 0.246 e. The predicted octanol–water partition coefficient (Wildman–Crippen LogP) is 4.27. The maximum Gasteiger partial charge on any atom is 0.246 e. The number of hydrogen-bond donors (Lipinski definition) is 1. The molecule has 0 radical (unpaired) electrons. The first-order valence-corrected chi connectivity index (χ1v) is 13.2. The van der Waals surface area contributed by atoms with Gasteiger partial charge >= 0.3 is 0 Å². The molecule has 1 saturated carbocycles. The summed E-state index contributed by atoms with van der Waals surface area (Å²) in [5, 5.41) is 3.88. The van der Waals surface area contributed by atoms with E-state index in [9.17, 15) is 9.59 Å². The molecule has 196 valence electrons. The Balaban J connectivity index is 0.000000234. The zero-order valence-electron chi connectivity index (χ0n) is 22.1. The number of nitrogens with one attached hydrogen (secondary N) is 1. The van der Waals surface area contributed by atoms with E-state index in [0.717, 1.165) is 61.8 Å². The van der Waals surface area contributed by atoms with Gasteiger partial charge in [-0.1, -0.05) is 38.4 Å². The highest BCUT2D eigenvalue weighted by atomic mass is 35.5. The van der Waals surface area contributed by atoms with Gasteiger partial charge in [0.05, 0.1) is 18.8 Å². The van der Waals surface area contributed by atoms with Gasteiger partial charge in [-0.2, -0.15) is 0 Å². The summed E-state index contributed by atoms with van der Waals surface area (Å²) < 4.78 is 5.30. The highest BCUT2D eigenvalue weighted by Crippen LogP contribution is 2.43. The van der Waals surface area contributed by atoms with Crippen LogP contribution in [0.3, 0.4) is 0 Å². The average Bonchev–Trinajstić information content (AvgIpc) is 2.81. The third-order valence-electron chi connectivity index (χ3n) is 6.85. The topological polar surface area (TPSA) is 65.1 Å². The number of amides is 1. The van der Waals surface area contributed by atoms with Gasteiger partial charge in [-0.3, -0.25) is 9.69 Å². The molecule has 35 heavy (non-hydrogen) atoms. The van der Waals surface area contributed by atoms with E-state index >= 15 is 0 Å². The van der Waals surface area contributed by atoms with Crippen LogP contribution in [0.15, 0.2) is 24.8 Å². The zero-order chi connectivity index (χ0) is 26.0. The second-order valence-corrected chi connectivity index (χ2v) is 9.62. The molecule has 2 heterocycles. The van der Waals surface area contributed by atoms with Gasteiger partial charge in [-0.25, -0.2) is 0 Å². The number of rotatable bonds is 7. The molecule has 1 N–H and O–H groups in total. The van der Waals surface area contributed by atoms with E-state index in [0.29, 0.717) is 17.7 Å². The fourth-order valence-electron chi connectivity index (χ4n) is 4.35. The van der Waals surface area contributed by atoms with Crippen LogP contribution in [0.5, 0.6) is 5.75 Å². The van der Waals surface area contributed by atoms with Crippen LogP contribution >= 0.6 is 11.6 Å². The van der Waals surface area contributed by atoms with Crippen LogP contribution in [0.25, 0.3) is 0 Å². The molecule has 3 fully saturated rings. The van der Waals surface area contributed by atoms with Crippen molar-refractivity contribution in [2.24, 2.45) is 0 Å². The van der Waals surface area contributed by atoms with Crippen molar-refractivity contribution in [3.8, 4) is 5.75 Å². The molecule has 1 atom stereocenters. The predicted molar refractivity (Wildman–Crippen MR) is 145 cm³/mol. The third kappa shape index (κ3) is 7.95. The summed E-state index contributed by atoms with van der Waals surface area (Å²) in [4.78, 5) is 28.7. The number of likely N-dealkylation sites (N-methyl/N-ethyl adjacent to an activating group) is 1. The van der Waals surface area contributed by atoms with Crippen molar-refractivity contribution in [3.63, 3.8) is 0 Å². The lowest BCUT2D eigenvalue weighted by Crippen LogP contribution is -2.63. The Bertz CT molecular complexity index is 832. The average molecular weight is 507 g/mol. The molecule has 0 bridgehead atoms. The van der Waals surface area contributed by atoms with Crippen LogP contribution in [-0.2, 0) is 9.59 Å². The fraction of sp³-hybridized carbons (Fsp3) is 0.630. The summed E-state index contributed by atoms with van der Waals surface area (Å²) in [6, 6.07) is 4.19. The monoisotopic (exact) mass is 506 g/mol. The molecule has 1 aromatic carbocycles. The molecule has 1 aliphatic carbocycles. The number of halogens is 1. The Morgan fingerprint density at radius 1 is 1.20 bits per heavy atom. The number of carbonyl (C=O) groups is 2. The molecule has 2 aliphatic heterocycles. The standard InChI is InChI=1S/C14H18ClNO2.C11H19N3O.C2H6/c1-9(8-17)16-13-6-11(10-4-3-5-10)12(15)7-14(13)18-2;1-3-11(15)14-8-10(9-14)13-6-4-12(2)5-7-13;1-2/h6-10,16H,3-5H2,1-2H3;3,10H,1,4-9H2,2H3;1-2H3. The molecular weight excluding hydrogens is 464 g/mol. The van der Waals surface area contributed by atoms with Gasteiger partial charge in [0.2, 0.25) is 5.91 Å². The number of piperazine rings is 1. The summed E-state index contributed by atoms with van der Waals surface area (Å²) >= 11 is 6.28. The maximum absolute atomic E-state index is 11.3. The normalized spacial score (nSPS) is 19.5. The van der Waals surface area contributed by atoms with Gasteiger partial charge in [-0.15, -0.1) is 0 Å². The van der Waals surface area contributed by atoms with E-state index in [1.807, 2.05) is 37.8 Å². The molecule has 1 aromatic rings. The van der Waals surface area contributed by atoms with Crippen molar-refractivity contribution in [2.45, 2.75) is 58.0 Å². The molecule has 3 aliphatic rings. The van der Waals surface area contributed by atoms with Crippen LogP contribution < -0.4 is 10.1 Å². The van der Waals surface area contributed by atoms with Crippen molar-refractivity contribution < 1.29 is 14.3 Å². The van der Waals surface area contributed by atoms with E-state index in [4.69, 9.17) is 16.3 Å². The number of methoxy groups -OCH3 is 1. The number of hydrogen-bond acceptors (Lipinski definition) is 6. The fourth-order valence-corrected chi connectivity index (χ4v) is 4.66. The molecule has 1 unspecified atom stereocenters. The summed E-state index contributed by atoms with van der Waals surface area (Å²) in [6.45, 7) is 15.6. The van der Waals surface area contributed by atoms with Crippen LogP contribution in [0.1, 0.15) is 51.5 Å². The number of anilines is 1. The molecule has 1 amide bonds. The van der Waals surface area contributed by atoms with E-state index < -0.39 is 0 Å². The Morgan fingerprint density at radius 3 is 2.31 bits per heavy atom. The SMILES string of the molecule is C=CC(=O)N1CC(N2CCN(C)CC2)C1.CC.COc1cc(Cl)c(C2CCC2)cc1NC(C)C=O. The number of ether oxygens (including phenoxy) is 1. The summed E-state index contributed by atoms with van der Waals surface area (Å²) in [5.74, 6) is 1.30. The zero-order valence-corrected chi connectivity index (χ0v) is 22.8. The lowest BCUT2D eigenvalue weighted by molar-refractivity contribution is -0.133. The van der Waals surface area contributed by atoms with Crippen LogP contribution in [0.4, 0.5) is 5.69 Å². The number of benzene rings is 1. The Labute approximate surface area is 216 Å². The first-order chi connectivity index (χ1) is 16.9. The summed E-state index contributed by atoms with van der Waals surface area (Å²) in [6.07, 6.45) is 5.92. The summed E-state index contributed by atoms with van der Waals surface area (Å²) in [7, 11) is 3.76. The summed E-state index contributed by atoms with van der Waals surface area (Å²) in [5.41, 5.74) is 1.99. The minimum atomic E-state index is -0.241. The van der Waals surface area contributed by atoms with Crippen molar-refractivity contribution >= 4 is 29.5 Å². The van der Waals surface area contributed by atoms with Crippen LogP contribution in [0, 0.1) is 0 Å². The van der Waals surface area contributed by atoms with E-state index in [2.05, 4.69) is 28.7 Å². The molecule has 8 heteroatoms. The minimum Gasteiger partial charge on any atom is -0.495 e. The number of likely N-dealkylation sites (tertiary alicyclic amines) is 1. The number of aldehydes is 1. The van der Waals surface area contributed by atoms with Crippen molar-refractivity contribution in [1.82, 2.24) is 14.7 Å². The second kappa shape index (κ2) is 14.5. The number of nitrogens with zero attached hydrogens (tertiary/aromatic N) is 3. The van der Waals surface area contributed by atoms with Gasteiger partial charge in [0.1, 0.15) is 12.0 Å². The number of carbonyl (C=O) groups excluding carboxylic acids is 2. The Kier molecular flexibility index (Phi) is 12.0. The van der Waals surface area contributed by atoms with Gasteiger partial charge in [-0.05, 0) is 50.4 Å². The van der Waals surface area contributed by atoms with Crippen molar-refractivity contribution in [3.05, 3.63) is 35.4 Å². The molecule has 4 rings (SSSR count). The largest absolute Gasteiger partial charge is 0.495 e. The molecule has 0 spiro atoms. The highest BCUT2D eigenvalue weighted by Gasteiger charge is 2.34. The lowest BCUT2D eigenvalue weighted by atomic mass is 9.80. The van der Waals surface area contributed by atoms with E-state index in [1.165, 1.54) is 25.3 Å². The van der Waals surface area contributed by atoms with E-state index in [1.54, 1.807) is 7.11 Å². The van der Waals surface area contributed by atoms with Crippen molar-refractivity contribution in [1.29, 1.82) is 0 Å². The highest BCUT2D eigenvalue weighted by molar-refractivity contribution is 6.31. The van der Waals surface area contributed by atoms with E-state index in [-0.39, 0.29) is 11.9 Å². The Hall–Kier alpha value is -2.09. The molecular formula is C27H43ClN4O3. The first kappa shape index (κ1) is 29.1.